The van der Waals surface area contributed by atoms with Crippen LogP contribution < -0.4 is 5.32 Å². The predicted molar refractivity (Wildman–Crippen MR) is 71.3 cm³/mol. The van der Waals surface area contributed by atoms with Crippen LogP contribution in [0.3, 0.4) is 0 Å². The number of sulfonamides is 1. The maximum absolute atomic E-state index is 12.0. The van der Waals surface area contributed by atoms with E-state index in [4.69, 9.17) is 4.74 Å². The van der Waals surface area contributed by atoms with Gasteiger partial charge in [-0.3, -0.25) is 0 Å². The van der Waals surface area contributed by atoms with Crippen molar-refractivity contribution in [2.45, 2.75) is 37.9 Å². The summed E-state index contributed by atoms with van der Waals surface area (Å²) in [6.45, 7) is 3.85. The zero-order chi connectivity index (χ0) is 13.9. The molecule has 1 N–H and O–H groups in total. The van der Waals surface area contributed by atoms with Crippen molar-refractivity contribution >= 4 is 16.1 Å². The van der Waals surface area contributed by atoms with E-state index < -0.39 is 16.1 Å². The molecule has 0 atom stereocenters. The molecule has 1 amide bonds. The zero-order valence-corrected chi connectivity index (χ0v) is 12.1. The van der Waals surface area contributed by atoms with Crippen LogP contribution in [0.15, 0.2) is 0 Å². The maximum atomic E-state index is 12.0. The second-order valence-corrected chi connectivity index (χ2v) is 7.40. The summed E-state index contributed by atoms with van der Waals surface area (Å²) in [6, 6.07) is 0. The largest absolute Gasteiger partial charge is 0.450 e. The van der Waals surface area contributed by atoms with Gasteiger partial charge in [0.2, 0.25) is 10.0 Å². The Bertz CT molecular complexity index is 411. The highest BCUT2D eigenvalue weighted by atomic mass is 32.2. The van der Waals surface area contributed by atoms with Gasteiger partial charge in [0, 0.05) is 19.6 Å². The molecule has 7 heteroatoms. The van der Waals surface area contributed by atoms with E-state index in [0.29, 0.717) is 32.2 Å². The molecule has 1 heterocycles. The third kappa shape index (κ3) is 3.82. The maximum Gasteiger partial charge on any atom is 0.407 e. The van der Waals surface area contributed by atoms with E-state index in [2.05, 4.69) is 5.32 Å². The Kier molecular flexibility index (Phi) is 4.67. The molecule has 2 fully saturated rings. The first-order valence-electron chi connectivity index (χ1n) is 6.93. The summed E-state index contributed by atoms with van der Waals surface area (Å²) in [7, 11) is -3.03. The number of piperidine rings is 1. The molecule has 0 aromatic rings. The van der Waals surface area contributed by atoms with Crippen molar-refractivity contribution < 1.29 is 17.9 Å². The molecule has 19 heavy (non-hydrogen) atoms. The first-order chi connectivity index (χ1) is 9.04. The lowest BCUT2D eigenvalue weighted by Gasteiger charge is -2.31. The number of ether oxygens (including phenoxy) is 1. The summed E-state index contributed by atoms with van der Waals surface area (Å²) in [4.78, 5) is 11.2. The second-order valence-electron chi connectivity index (χ2n) is 5.19. The summed E-state index contributed by atoms with van der Waals surface area (Å²) < 4.78 is 30.5. The van der Waals surface area contributed by atoms with Gasteiger partial charge in [0.1, 0.15) is 0 Å². The van der Waals surface area contributed by atoms with Crippen molar-refractivity contribution in [3.63, 3.8) is 0 Å². The minimum Gasteiger partial charge on any atom is -0.450 e. The summed E-state index contributed by atoms with van der Waals surface area (Å²) in [5, 5.41) is 2.59. The third-order valence-corrected chi connectivity index (χ3v) is 6.09. The van der Waals surface area contributed by atoms with Gasteiger partial charge in [-0.05, 0) is 38.5 Å². The summed E-state index contributed by atoms with van der Waals surface area (Å²) in [5.41, 5.74) is 0. The van der Waals surface area contributed by atoms with Crippen LogP contribution in [0.1, 0.15) is 32.6 Å². The fourth-order valence-corrected chi connectivity index (χ4v) is 4.23. The number of rotatable bonds is 5. The predicted octanol–water partition coefficient (Wildman–Crippen LogP) is 0.937. The summed E-state index contributed by atoms with van der Waals surface area (Å²) >= 11 is 0. The van der Waals surface area contributed by atoms with Gasteiger partial charge in [0.05, 0.1) is 11.9 Å². The highest BCUT2D eigenvalue weighted by Gasteiger charge is 2.41. The van der Waals surface area contributed by atoms with E-state index in [9.17, 15) is 13.2 Å². The van der Waals surface area contributed by atoms with E-state index >= 15 is 0 Å². The highest BCUT2D eigenvalue weighted by molar-refractivity contribution is 7.90. The van der Waals surface area contributed by atoms with E-state index in [1.165, 1.54) is 0 Å². The molecule has 0 aromatic carbocycles. The SMILES string of the molecule is CCOC(=O)NCC1CCN(S(=O)(=O)C2CC2)CC1. The van der Waals surface area contributed by atoms with Gasteiger partial charge in [0.15, 0.2) is 0 Å². The molecule has 2 aliphatic rings. The Balaban J connectivity index is 1.72. The Labute approximate surface area is 114 Å². The minimum absolute atomic E-state index is 0.123. The van der Waals surface area contributed by atoms with Crippen LogP contribution in [0.5, 0.6) is 0 Å². The standard InChI is InChI=1S/C12H22N2O4S/c1-2-18-12(15)13-9-10-5-7-14(8-6-10)19(16,17)11-3-4-11/h10-11H,2-9H2,1H3,(H,13,15). The van der Waals surface area contributed by atoms with Gasteiger partial charge in [-0.2, -0.15) is 0 Å². The molecule has 0 spiro atoms. The van der Waals surface area contributed by atoms with Gasteiger partial charge in [0.25, 0.3) is 0 Å². The first kappa shape index (κ1) is 14.6. The zero-order valence-electron chi connectivity index (χ0n) is 11.3. The molecule has 110 valence electrons. The molecule has 0 bridgehead atoms. The average molecular weight is 290 g/mol. The molecule has 1 saturated heterocycles. The molecule has 1 aliphatic heterocycles. The Hall–Kier alpha value is -0.820. The van der Waals surface area contributed by atoms with Crippen LogP contribution in [0.2, 0.25) is 0 Å². The van der Waals surface area contributed by atoms with Gasteiger partial charge in [-0.15, -0.1) is 0 Å². The van der Waals surface area contributed by atoms with E-state index in [1.54, 1.807) is 11.2 Å². The highest BCUT2D eigenvalue weighted by Crippen LogP contribution is 2.32. The molecular weight excluding hydrogens is 268 g/mol. The number of carbonyl (C=O) groups is 1. The Morgan fingerprint density at radius 3 is 2.42 bits per heavy atom. The molecule has 1 saturated carbocycles. The number of hydrogen-bond donors (Lipinski definition) is 1. The molecular formula is C12H22N2O4S. The lowest BCUT2D eigenvalue weighted by atomic mass is 9.98. The topological polar surface area (TPSA) is 75.7 Å². The van der Waals surface area contributed by atoms with Gasteiger partial charge >= 0.3 is 6.09 Å². The van der Waals surface area contributed by atoms with E-state index in [-0.39, 0.29) is 5.25 Å². The third-order valence-electron chi connectivity index (χ3n) is 3.69. The van der Waals surface area contributed by atoms with Crippen molar-refractivity contribution in [1.29, 1.82) is 0 Å². The Morgan fingerprint density at radius 2 is 1.89 bits per heavy atom. The number of alkyl carbamates (subject to hydrolysis) is 1. The number of carbonyl (C=O) groups excluding carboxylic acids is 1. The van der Waals surface area contributed by atoms with Crippen LogP contribution in [-0.2, 0) is 14.8 Å². The lowest BCUT2D eigenvalue weighted by Crippen LogP contribution is -2.42. The summed E-state index contributed by atoms with van der Waals surface area (Å²) in [6.07, 6.45) is 2.84. The fourth-order valence-electron chi connectivity index (χ4n) is 2.35. The van der Waals surface area contributed by atoms with Crippen LogP contribution in [0.25, 0.3) is 0 Å². The molecule has 0 radical (unpaired) electrons. The van der Waals surface area contributed by atoms with Crippen molar-refractivity contribution in [1.82, 2.24) is 9.62 Å². The minimum atomic E-state index is -3.03. The van der Waals surface area contributed by atoms with Gasteiger partial charge < -0.3 is 10.1 Å². The average Bonchev–Trinajstić information content (AvgIpc) is 3.22. The van der Waals surface area contributed by atoms with E-state index in [0.717, 1.165) is 25.7 Å². The van der Waals surface area contributed by atoms with Crippen molar-refractivity contribution in [2.75, 3.05) is 26.2 Å². The van der Waals surface area contributed by atoms with Crippen LogP contribution in [0, 0.1) is 5.92 Å². The van der Waals surface area contributed by atoms with Gasteiger partial charge in [-0.25, -0.2) is 17.5 Å². The van der Waals surface area contributed by atoms with Crippen LogP contribution in [0.4, 0.5) is 4.79 Å². The first-order valence-corrected chi connectivity index (χ1v) is 8.44. The number of nitrogens with one attached hydrogen (secondary N) is 1. The summed E-state index contributed by atoms with van der Waals surface area (Å²) in [5.74, 6) is 0.343. The van der Waals surface area contributed by atoms with E-state index in [1.807, 2.05) is 0 Å². The van der Waals surface area contributed by atoms with Crippen molar-refractivity contribution in [3.05, 3.63) is 0 Å². The Morgan fingerprint density at radius 1 is 1.26 bits per heavy atom. The number of nitrogens with zero attached hydrogens (tertiary/aromatic N) is 1. The van der Waals surface area contributed by atoms with Gasteiger partial charge in [-0.1, -0.05) is 0 Å². The van der Waals surface area contributed by atoms with Crippen molar-refractivity contribution in [2.24, 2.45) is 5.92 Å². The molecule has 0 aromatic heterocycles. The lowest BCUT2D eigenvalue weighted by molar-refractivity contribution is 0.148. The molecule has 1 aliphatic carbocycles. The number of amides is 1. The van der Waals surface area contributed by atoms with Crippen LogP contribution in [-0.4, -0.2) is 50.3 Å². The quantitative estimate of drug-likeness (QED) is 0.817. The molecule has 0 unspecified atom stereocenters. The monoisotopic (exact) mass is 290 g/mol. The smallest absolute Gasteiger partial charge is 0.407 e. The normalized spacial score (nSPS) is 22.2. The second kappa shape index (κ2) is 6.09. The van der Waals surface area contributed by atoms with Crippen LogP contribution >= 0.6 is 0 Å². The number of hydrogen-bond acceptors (Lipinski definition) is 4. The van der Waals surface area contributed by atoms with Crippen molar-refractivity contribution in [3.8, 4) is 0 Å². The molecule has 2 rings (SSSR count). The molecule has 6 nitrogen and oxygen atoms in total. The fraction of sp³-hybridized carbons (Fsp3) is 0.917.